The summed E-state index contributed by atoms with van der Waals surface area (Å²) in [7, 11) is 1.08. The Balaban J connectivity index is 4.15. The smallest absolute Gasteiger partial charge is 0.355 e. The molecular formula is C6H15NO2Si. The average molecular weight is 161 g/mol. The molecule has 0 bridgehead atoms. The van der Waals surface area contributed by atoms with Gasteiger partial charge < -0.3 is 14.6 Å². The van der Waals surface area contributed by atoms with Gasteiger partial charge in [0.05, 0.1) is 5.67 Å². The standard InChI is InChI=1S/C6H15NO2Si/c1-5-6(7)10(4,8-2)9-3/h5-6H,1,7H2,2-4H3. The van der Waals surface area contributed by atoms with Crippen LogP contribution in [0.15, 0.2) is 12.7 Å². The Labute approximate surface area is 63.1 Å². The predicted molar refractivity (Wildman–Crippen MR) is 43.8 cm³/mol. The maximum atomic E-state index is 5.67. The van der Waals surface area contributed by atoms with Gasteiger partial charge in [-0.2, -0.15) is 0 Å². The van der Waals surface area contributed by atoms with Gasteiger partial charge in [0.25, 0.3) is 0 Å². The lowest BCUT2D eigenvalue weighted by atomic mass is 10.6. The Morgan fingerprint density at radius 1 is 1.50 bits per heavy atom. The van der Waals surface area contributed by atoms with E-state index in [0.717, 1.165) is 0 Å². The summed E-state index contributed by atoms with van der Waals surface area (Å²) in [6, 6.07) is 0. The molecule has 0 aliphatic carbocycles. The van der Waals surface area contributed by atoms with Crippen LogP contribution in [0.25, 0.3) is 0 Å². The molecule has 0 fully saturated rings. The van der Waals surface area contributed by atoms with Gasteiger partial charge >= 0.3 is 8.56 Å². The summed E-state index contributed by atoms with van der Waals surface area (Å²) in [6.07, 6.45) is 1.65. The van der Waals surface area contributed by atoms with Crippen molar-refractivity contribution < 1.29 is 8.85 Å². The first-order chi connectivity index (χ1) is 4.60. The van der Waals surface area contributed by atoms with Crippen LogP contribution in [0.1, 0.15) is 0 Å². The van der Waals surface area contributed by atoms with Crippen molar-refractivity contribution in [2.45, 2.75) is 12.2 Å². The first-order valence-corrected chi connectivity index (χ1v) is 5.48. The lowest BCUT2D eigenvalue weighted by Gasteiger charge is -2.26. The van der Waals surface area contributed by atoms with Crippen LogP contribution in [0, 0.1) is 0 Å². The highest BCUT2D eigenvalue weighted by molar-refractivity contribution is 6.68. The first-order valence-electron chi connectivity index (χ1n) is 3.09. The lowest BCUT2D eigenvalue weighted by molar-refractivity contribution is 0.244. The largest absolute Gasteiger partial charge is 0.397 e. The molecule has 0 aliphatic rings. The highest BCUT2D eigenvalue weighted by Crippen LogP contribution is 2.08. The van der Waals surface area contributed by atoms with Crippen molar-refractivity contribution in [3.63, 3.8) is 0 Å². The molecule has 10 heavy (non-hydrogen) atoms. The SMILES string of the molecule is C=CC(N)[Si](C)(OC)OC. The molecular weight excluding hydrogens is 146 g/mol. The van der Waals surface area contributed by atoms with Crippen molar-refractivity contribution in [3.8, 4) is 0 Å². The molecule has 3 nitrogen and oxygen atoms in total. The number of nitrogens with two attached hydrogens (primary N) is 1. The molecule has 1 atom stereocenters. The van der Waals surface area contributed by atoms with Gasteiger partial charge in [-0.05, 0) is 6.55 Å². The summed E-state index contributed by atoms with van der Waals surface area (Å²) < 4.78 is 10.3. The number of rotatable bonds is 4. The summed E-state index contributed by atoms with van der Waals surface area (Å²) in [4.78, 5) is 0. The molecule has 0 aliphatic heterocycles. The average Bonchev–Trinajstić information content (AvgIpc) is 2.01. The Hall–Kier alpha value is -0.163. The van der Waals surface area contributed by atoms with Gasteiger partial charge in [-0.1, -0.05) is 6.08 Å². The Bertz CT molecular complexity index is 114. The summed E-state index contributed by atoms with van der Waals surface area (Å²) in [5.74, 6) is 0. The fourth-order valence-corrected chi connectivity index (χ4v) is 1.71. The summed E-state index contributed by atoms with van der Waals surface area (Å²) in [5.41, 5.74) is 5.50. The Morgan fingerprint density at radius 3 is 2.00 bits per heavy atom. The van der Waals surface area contributed by atoms with E-state index in [1.165, 1.54) is 0 Å². The van der Waals surface area contributed by atoms with E-state index in [0.29, 0.717) is 0 Å². The second-order valence-electron chi connectivity index (χ2n) is 2.19. The van der Waals surface area contributed by atoms with Crippen LogP contribution >= 0.6 is 0 Å². The quantitative estimate of drug-likeness (QED) is 0.479. The van der Waals surface area contributed by atoms with Crippen LogP contribution in [0.3, 0.4) is 0 Å². The fraction of sp³-hybridized carbons (Fsp3) is 0.667. The van der Waals surface area contributed by atoms with Crippen LogP contribution in [0.4, 0.5) is 0 Å². The van der Waals surface area contributed by atoms with Gasteiger partial charge in [0.15, 0.2) is 0 Å². The number of hydrogen-bond donors (Lipinski definition) is 1. The van der Waals surface area contributed by atoms with E-state index >= 15 is 0 Å². The molecule has 0 radical (unpaired) electrons. The summed E-state index contributed by atoms with van der Waals surface area (Å²) >= 11 is 0. The van der Waals surface area contributed by atoms with Crippen LogP contribution in [-0.4, -0.2) is 28.4 Å². The molecule has 0 spiro atoms. The minimum Gasteiger partial charge on any atom is -0.397 e. The molecule has 1 unspecified atom stereocenters. The van der Waals surface area contributed by atoms with E-state index < -0.39 is 8.56 Å². The van der Waals surface area contributed by atoms with E-state index in [4.69, 9.17) is 14.6 Å². The molecule has 0 aromatic carbocycles. The normalized spacial score (nSPS) is 14.8. The topological polar surface area (TPSA) is 44.5 Å². The first kappa shape index (κ1) is 9.84. The zero-order valence-corrected chi connectivity index (χ0v) is 7.76. The number of hydrogen-bond acceptors (Lipinski definition) is 3. The van der Waals surface area contributed by atoms with Crippen LogP contribution in [-0.2, 0) is 8.85 Å². The van der Waals surface area contributed by atoms with Gasteiger partial charge in [0.2, 0.25) is 0 Å². The second-order valence-corrected chi connectivity index (χ2v) is 5.70. The van der Waals surface area contributed by atoms with Crippen molar-refractivity contribution in [2.24, 2.45) is 5.73 Å². The van der Waals surface area contributed by atoms with Gasteiger partial charge in [-0.25, -0.2) is 0 Å². The zero-order chi connectivity index (χ0) is 8.20. The third kappa shape index (κ3) is 1.91. The third-order valence-corrected chi connectivity index (χ3v) is 4.74. The highest BCUT2D eigenvalue weighted by atomic mass is 28.4. The molecule has 2 N–H and O–H groups in total. The molecule has 0 rings (SSSR count). The van der Waals surface area contributed by atoms with E-state index in [-0.39, 0.29) is 5.67 Å². The van der Waals surface area contributed by atoms with Crippen LogP contribution < -0.4 is 5.73 Å². The molecule has 0 heterocycles. The van der Waals surface area contributed by atoms with Crippen molar-refractivity contribution >= 4 is 8.56 Å². The molecule has 4 heteroatoms. The van der Waals surface area contributed by atoms with Gasteiger partial charge in [0.1, 0.15) is 0 Å². The van der Waals surface area contributed by atoms with Crippen molar-refractivity contribution in [2.75, 3.05) is 14.2 Å². The maximum absolute atomic E-state index is 5.67. The highest BCUT2D eigenvalue weighted by Gasteiger charge is 2.34. The van der Waals surface area contributed by atoms with Gasteiger partial charge in [0, 0.05) is 14.2 Å². The maximum Gasteiger partial charge on any atom is 0.355 e. The van der Waals surface area contributed by atoms with Crippen LogP contribution in [0.5, 0.6) is 0 Å². The fourth-order valence-electron chi connectivity index (χ4n) is 0.570. The van der Waals surface area contributed by atoms with Gasteiger partial charge in [-0.3, -0.25) is 0 Å². The Morgan fingerprint density at radius 2 is 1.90 bits per heavy atom. The summed E-state index contributed by atoms with van der Waals surface area (Å²) in [6.45, 7) is 5.47. The lowest BCUT2D eigenvalue weighted by Crippen LogP contribution is -2.53. The minimum absolute atomic E-state index is 0.164. The molecule has 0 amide bonds. The minimum atomic E-state index is -2.14. The van der Waals surface area contributed by atoms with Crippen molar-refractivity contribution in [1.82, 2.24) is 0 Å². The predicted octanol–water partition coefficient (Wildman–Crippen LogP) is 0.404. The second kappa shape index (κ2) is 3.87. The van der Waals surface area contributed by atoms with Crippen molar-refractivity contribution in [1.29, 1.82) is 0 Å². The van der Waals surface area contributed by atoms with E-state index in [2.05, 4.69) is 6.58 Å². The van der Waals surface area contributed by atoms with E-state index in [1.54, 1.807) is 20.3 Å². The molecule has 60 valence electrons. The van der Waals surface area contributed by atoms with Crippen molar-refractivity contribution in [3.05, 3.63) is 12.7 Å². The summed E-state index contributed by atoms with van der Waals surface area (Å²) in [5, 5.41) is 0. The molecule has 0 aromatic rings. The Kier molecular flexibility index (Phi) is 3.81. The molecule has 0 saturated heterocycles. The monoisotopic (exact) mass is 161 g/mol. The molecule has 0 aromatic heterocycles. The zero-order valence-electron chi connectivity index (χ0n) is 6.76. The molecule has 0 saturated carbocycles. The van der Waals surface area contributed by atoms with Crippen LogP contribution in [0.2, 0.25) is 6.55 Å². The third-order valence-electron chi connectivity index (χ3n) is 1.67. The van der Waals surface area contributed by atoms with E-state index in [1.807, 2.05) is 6.55 Å². The van der Waals surface area contributed by atoms with E-state index in [9.17, 15) is 0 Å². The van der Waals surface area contributed by atoms with Gasteiger partial charge in [-0.15, -0.1) is 6.58 Å².